The molecule has 2 bridgehead atoms. The number of hydrogen-bond acceptors (Lipinski definition) is 9. The molecule has 4 aromatic rings. The van der Waals surface area contributed by atoms with Gasteiger partial charge in [-0.3, -0.25) is 4.98 Å². The van der Waals surface area contributed by atoms with E-state index in [9.17, 15) is 4.39 Å². The molecule has 1 aliphatic heterocycles. The van der Waals surface area contributed by atoms with E-state index >= 15 is 0 Å². The van der Waals surface area contributed by atoms with Gasteiger partial charge in [0.1, 0.15) is 17.2 Å². The summed E-state index contributed by atoms with van der Waals surface area (Å²) < 4.78 is 14.6. The summed E-state index contributed by atoms with van der Waals surface area (Å²) in [7, 11) is 1.81. The lowest BCUT2D eigenvalue weighted by atomic mass is 10.0. The highest BCUT2D eigenvalue weighted by Gasteiger charge is 2.45. The fraction of sp³-hybridized carbons (Fsp3) is 0.320. The van der Waals surface area contributed by atoms with Crippen LogP contribution in [0.2, 0.25) is 0 Å². The first-order chi connectivity index (χ1) is 17.1. The third-order valence-corrected chi connectivity index (χ3v) is 7.51. The van der Waals surface area contributed by atoms with Gasteiger partial charge in [-0.15, -0.1) is 0 Å². The van der Waals surface area contributed by atoms with Crippen LogP contribution in [0.4, 0.5) is 27.5 Å². The minimum atomic E-state index is -0.276. The Kier molecular flexibility index (Phi) is 4.41. The molecule has 176 valence electrons. The summed E-state index contributed by atoms with van der Waals surface area (Å²) in [5.41, 5.74) is 12.8. The summed E-state index contributed by atoms with van der Waals surface area (Å²) in [4.78, 5) is 25.2. The fourth-order valence-corrected chi connectivity index (χ4v) is 5.91. The Labute approximate surface area is 201 Å². The van der Waals surface area contributed by atoms with Gasteiger partial charge < -0.3 is 21.3 Å². The van der Waals surface area contributed by atoms with Crippen LogP contribution in [0.5, 0.6) is 0 Å². The van der Waals surface area contributed by atoms with Crippen LogP contribution in [0.3, 0.4) is 0 Å². The van der Waals surface area contributed by atoms with E-state index in [-0.39, 0.29) is 11.9 Å². The van der Waals surface area contributed by atoms with Crippen LogP contribution in [0, 0.1) is 11.7 Å². The van der Waals surface area contributed by atoms with E-state index in [1.165, 1.54) is 6.07 Å². The summed E-state index contributed by atoms with van der Waals surface area (Å²) in [5, 5.41) is 6.46. The quantitative estimate of drug-likeness (QED) is 0.365. The van der Waals surface area contributed by atoms with E-state index in [0.717, 1.165) is 59.0 Å². The monoisotopic (exact) mass is 469 g/mol. The predicted octanol–water partition coefficient (Wildman–Crippen LogP) is 3.24. The van der Waals surface area contributed by atoms with Crippen molar-refractivity contribution in [1.29, 1.82) is 0 Å². The number of benzene rings is 1. The maximum atomic E-state index is 14.6. The summed E-state index contributed by atoms with van der Waals surface area (Å²) in [6, 6.07) is 5.59. The van der Waals surface area contributed by atoms with Gasteiger partial charge in [-0.05, 0) is 48.1 Å². The van der Waals surface area contributed by atoms with E-state index in [0.29, 0.717) is 35.5 Å². The van der Waals surface area contributed by atoms with Gasteiger partial charge in [0.2, 0.25) is 5.95 Å². The zero-order chi connectivity index (χ0) is 23.7. The summed E-state index contributed by atoms with van der Waals surface area (Å²) in [6.07, 6.45) is 7.57. The van der Waals surface area contributed by atoms with Crippen LogP contribution in [0.1, 0.15) is 24.1 Å². The Morgan fingerprint density at radius 2 is 1.97 bits per heavy atom. The molecule has 4 heterocycles. The van der Waals surface area contributed by atoms with Crippen molar-refractivity contribution >= 4 is 34.3 Å². The van der Waals surface area contributed by atoms with Crippen molar-refractivity contribution in [3.63, 3.8) is 0 Å². The van der Waals surface area contributed by atoms with Crippen molar-refractivity contribution in [2.45, 2.75) is 31.3 Å². The number of hydrogen-bond donors (Lipinski definition) is 3. The van der Waals surface area contributed by atoms with E-state index in [1.807, 2.05) is 13.1 Å². The van der Waals surface area contributed by atoms with Crippen LogP contribution < -0.4 is 21.3 Å². The first-order valence-electron chi connectivity index (χ1n) is 11.8. The van der Waals surface area contributed by atoms with E-state index in [2.05, 4.69) is 30.5 Å². The molecule has 0 spiro atoms. The highest BCUT2D eigenvalue weighted by atomic mass is 19.1. The second-order valence-corrected chi connectivity index (χ2v) is 9.55. The van der Waals surface area contributed by atoms with Crippen molar-refractivity contribution in [1.82, 2.24) is 24.9 Å². The first-order valence-corrected chi connectivity index (χ1v) is 11.8. The number of anilines is 4. The highest BCUT2D eigenvalue weighted by Crippen LogP contribution is 2.48. The van der Waals surface area contributed by atoms with Crippen LogP contribution >= 0.6 is 0 Å². The Morgan fingerprint density at radius 3 is 2.77 bits per heavy atom. The third-order valence-electron chi connectivity index (χ3n) is 7.51. The molecule has 35 heavy (non-hydrogen) atoms. The SMILES string of the molecule is CNc1cc(F)cc2c1Cc1nc(Nc3cnc4nccnc4c3)nc(N3C[C@H]4CC3C[C@H]4N)c1-2. The highest BCUT2D eigenvalue weighted by molar-refractivity contribution is 5.89. The largest absolute Gasteiger partial charge is 0.388 e. The Balaban J connectivity index is 1.35. The summed E-state index contributed by atoms with van der Waals surface area (Å²) in [5.74, 6) is 1.50. The molecule has 0 amide bonds. The second-order valence-electron chi connectivity index (χ2n) is 9.55. The third kappa shape index (κ3) is 3.20. The van der Waals surface area contributed by atoms with Gasteiger partial charge in [0.25, 0.3) is 0 Å². The summed E-state index contributed by atoms with van der Waals surface area (Å²) in [6.45, 7) is 0.853. The normalized spacial score (nSPS) is 21.9. The minimum absolute atomic E-state index is 0.231. The number of aromatic nitrogens is 5. The van der Waals surface area contributed by atoms with Crippen molar-refractivity contribution in [3.05, 3.63) is 53.9 Å². The molecule has 4 N–H and O–H groups in total. The van der Waals surface area contributed by atoms with Crippen molar-refractivity contribution in [2.24, 2.45) is 11.7 Å². The molecule has 1 aromatic carbocycles. The predicted molar refractivity (Wildman–Crippen MR) is 132 cm³/mol. The van der Waals surface area contributed by atoms with Gasteiger partial charge in [-0.25, -0.2) is 19.3 Å². The molecule has 2 aliphatic carbocycles. The van der Waals surface area contributed by atoms with E-state index in [4.69, 9.17) is 15.7 Å². The lowest BCUT2D eigenvalue weighted by molar-refractivity contribution is 0.471. The van der Waals surface area contributed by atoms with Crippen molar-refractivity contribution in [3.8, 4) is 11.1 Å². The molecule has 3 atom stereocenters. The average molecular weight is 470 g/mol. The number of halogens is 1. The zero-order valence-electron chi connectivity index (χ0n) is 19.2. The van der Waals surface area contributed by atoms with Gasteiger partial charge in [-0.1, -0.05) is 0 Å². The number of fused-ring (bicyclic) bond motifs is 6. The molecule has 9 nitrogen and oxygen atoms in total. The summed E-state index contributed by atoms with van der Waals surface area (Å²) >= 11 is 0. The molecule has 7 rings (SSSR count). The Hall–Kier alpha value is -3.92. The number of nitrogens with zero attached hydrogens (tertiary/aromatic N) is 6. The molecule has 0 radical (unpaired) electrons. The first kappa shape index (κ1) is 20.5. The molecule has 2 fully saturated rings. The number of nitrogens with one attached hydrogen (secondary N) is 2. The van der Waals surface area contributed by atoms with Crippen LogP contribution in [0.25, 0.3) is 22.3 Å². The molecular formula is C25H24FN9. The Bertz CT molecular complexity index is 1490. The number of pyridine rings is 1. The topological polar surface area (TPSA) is 118 Å². The number of piperidine rings is 1. The van der Waals surface area contributed by atoms with Gasteiger partial charge >= 0.3 is 0 Å². The maximum absolute atomic E-state index is 14.6. The van der Waals surface area contributed by atoms with Gasteiger partial charge in [0.05, 0.1) is 17.6 Å². The lowest BCUT2D eigenvalue weighted by Gasteiger charge is -2.32. The number of nitrogens with two attached hydrogens (primary N) is 1. The van der Waals surface area contributed by atoms with Gasteiger partial charge in [-0.2, -0.15) is 4.98 Å². The van der Waals surface area contributed by atoms with Crippen LogP contribution in [-0.2, 0) is 6.42 Å². The van der Waals surface area contributed by atoms with Gasteiger partial charge in [0.15, 0.2) is 5.65 Å². The zero-order valence-corrected chi connectivity index (χ0v) is 19.2. The smallest absolute Gasteiger partial charge is 0.229 e. The second kappa shape index (κ2) is 7.54. The van der Waals surface area contributed by atoms with Crippen LogP contribution in [-0.4, -0.2) is 50.6 Å². The maximum Gasteiger partial charge on any atom is 0.229 e. The fourth-order valence-electron chi connectivity index (χ4n) is 5.91. The standard InChI is InChI=1S/C25H24FN9/c1-28-19-6-13(26)5-17-16(19)9-20-22(17)24(35-11-12-4-15(35)8-18(12)27)34-25(33-20)32-14-7-21-23(31-10-14)30-3-2-29-21/h2-3,5-7,10,12,15,18,28H,4,8-9,11,27H2,1H3,(H,32,33,34)/t12-,15?,18-/m1/s1. The molecule has 1 saturated carbocycles. The van der Waals surface area contributed by atoms with Crippen molar-refractivity contribution in [2.75, 3.05) is 29.1 Å². The molecule has 1 saturated heterocycles. The average Bonchev–Trinajstić information content (AvgIpc) is 3.55. The molecule has 3 aromatic heterocycles. The van der Waals surface area contributed by atoms with Gasteiger partial charge in [0, 0.05) is 55.7 Å². The molecule has 10 heteroatoms. The van der Waals surface area contributed by atoms with E-state index in [1.54, 1.807) is 24.7 Å². The number of rotatable bonds is 4. The Morgan fingerprint density at radius 1 is 1.09 bits per heavy atom. The van der Waals surface area contributed by atoms with Crippen molar-refractivity contribution < 1.29 is 4.39 Å². The molecular weight excluding hydrogens is 445 g/mol. The van der Waals surface area contributed by atoms with E-state index < -0.39 is 0 Å². The lowest BCUT2D eigenvalue weighted by Crippen LogP contribution is -2.41. The molecule has 3 aliphatic rings. The van der Waals surface area contributed by atoms with Crippen LogP contribution in [0.15, 0.2) is 36.8 Å². The minimum Gasteiger partial charge on any atom is -0.388 e. The molecule has 1 unspecified atom stereocenters.